The fourth-order valence-electron chi connectivity index (χ4n) is 4.44. The second-order valence-corrected chi connectivity index (χ2v) is 8.32. The monoisotopic (exact) mass is 404 g/mol. The molecule has 1 saturated heterocycles. The molecular formula is C23H27F3N2O. The molecule has 156 valence electrons. The van der Waals surface area contributed by atoms with Crippen LogP contribution < -0.4 is 10.6 Å². The molecule has 0 radical (unpaired) electrons. The fraction of sp³-hybridized carbons (Fsp3) is 0.478. The van der Waals surface area contributed by atoms with Gasteiger partial charge >= 0.3 is 6.18 Å². The predicted molar refractivity (Wildman–Crippen MR) is 108 cm³/mol. The summed E-state index contributed by atoms with van der Waals surface area (Å²) in [4.78, 5) is 0. The number of hydrogen-bond acceptors (Lipinski definition) is 3. The molecule has 2 aliphatic rings. The number of hydrogen-bond donors (Lipinski definition) is 2. The quantitative estimate of drug-likeness (QED) is 0.685. The van der Waals surface area contributed by atoms with E-state index in [1.807, 2.05) is 18.2 Å². The van der Waals surface area contributed by atoms with Gasteiger partial charge in [0.2, 0.25) is 0 Å². The molecule has 0 saturated carbocycles. The number of benzene rings is 2. The zero-order valence-electron chi connectivity index (χ0n) is 16.7. The van der Waals surface area contributed by atoms with Crippen LogP contribution in [-0.4, -0.2) is 18.7 Å². The highest BCUT2D eigenvalue weighted by molar-refractivity contribution is 5.58. The summed E-state index contributed by atoms with van der Waals surface area (Å²) >= 11 is 0. The van der Waals surface area contributed by atoms with Crippen molar-refractivity contribution in [2.45, 2.75) is 57.2 Å². The van der Waals surface area contributed by atoms with Crippen molar-refractivity contribution in [3.05, 3.63) is 65.2 Å². The first-order valence-corrected chi connectivity index (χ1v) is 10.2. The summed E-state index contributed by atoms with van der Waals surface area (Å²) in [5.74, 6) is 0.0867. The summed E-state index contributed by atoms with van der Waals surface area (Å²) in [6, 6.07) is 14.4. The molecule has 2 N–H and O–H groups in total. The van der Waals surface area contributed by atoms with Crippen LogP contribution in [0, 0.1) is 5.92 Å². The molecule has 2 heterocycles. The van der Waals surface area contributed by atoms with E-state index in [0.717, 1.165) is 30.2 Å². The number of fused-ring (bicyclic) bond motifs is 3. The highest BCUT2D eigenvalue weighted by Crippen LogP contribution is 2.51. The summed E-state index contributed by atoms with van der Waals surface area (Å²) in [7, 11) is 0. The van der Waals surface area contributed by atoms with Gasteiger partial charge in [-0.2, -0.15) is 13.2 Å². The van der Waals surface area contributed by atoms with Crippen molar-refractivity contribution in [1.82, 2.24) is 5.32 Å². The van der Waals surface area contributed by atoms with E-state index in [2.05, 4.69) is 36.6 Å². The number of halogens is 3. The van der Waals surface area contributed by atoms with Gasteiger partial charge in [0.15, 0.2) is 0 Å². The molecule has 3 nitrogen and oxygen atoms in total. The van der Waals surface area contributed by atoms with E-state index >= 15 is 0 Å². The number of alkyl halides is 3. The first-order chi connectivity index (χ1) is 13.8. The predicted octanol–water partition coefficient (Wildman–Crippen LogP) is 5.71. The van der Waals surface area contributed by atoms with E-state index in [0.29, 0.717) is 18.2 Å². The van der Waals surface area contributed by atoms with E-state index < -0.39 is 11.7 Å². The molecule has 6 heteroatoms. The third kappa shape index (κ3) is 4.28. The van der Waals surface area contributed by atoms with Gasteiger partial charge in [0.1, 0.15) is 0 Å². The van der Waals surface area contributed by atoms with Gasteiger partial charge in [0.05, 0.1) is 23.8 Å². The van der Waals surface area contributed by atoms with Crippen LogP contribution in [-0.2, 0) is 10.9 Å². The first kappa shape index (κ1) is 20.2. The van der Waals surface area contributed by atoms with Crippen LogP contribution in [0.25, 0.3) is 0 Å². The van der Waals surface area contributed by atoms with Crippen molar-refractivity contribution in [3.63, 3.8) is 0 Å². The van der Waals surface area contributed by atoms with E-state index in [9.17, 15) is 13.2 Å². The summed E-state index contributed by atoms with van der Waals surface area (Å²) in [5.41, 5.74) is 1.85. The zero-order valence-corrected chi connectivity index (χ0v) is 16.7. The largest absolute Gasteiger partial charge is 0.416 e. The Morgan fingerprint density at radius 1 is 1.10 bits per heavy atom. The van der Waals surface area contributed by atoms with Crippen molar-refractivity contribution >= 4 is 5.69 Å². The molecular weight excluding hydrogens is 377 g/mol. The molecule has 2 aromatic carbocycles. The van der Waals surface area contributed by atoms with E-state index in [1.54, 1.807) is 6.07 Å². The van der Waals surface area contributed by atoms with Crippen LogP contribution in [0.2, 0.25) is 0 Å². The van der Waals surface area contributed by atoms with Crippen LogP contribution in [0.3, 0.4) is 0 Å². The Morgan fingerprint density at radius 3 is 2.55 bits per heavy atom. The summed E-state index contributed by atoms with van der Waals surface area (Å²) in [6.45, 7) is 4.86. The van der Waals surface area contributed by atoms with Gasteiger partial charge in [-0.1, -0.05) is 44.2 Å². The van der Waals surface area contributed by atoms with Crippen molar-refractivity contribution < 1.29 is 17.9 Å². The van der Waals surface area contributed by atoms with Crippen molar-refractivity contribution in [1.29, 1.82) is 0 Å². The van der Waals surface area contributed by atoms with E-state index in [-0.39, 0.29) is 24.2 Å². The topological polar surface area (TPSA) is 33.3 Å². The van der Waals surface area contributed by atoms with Gasteiger partial charge in [0.25, 0.3) is 0 Å². The van der Waals surface area contributed by atoms with Crippen molar-refractivity contribution in [2.75, 3.05) is 11.9 Å². The third-order valence-corrected chi connectivity index (χ3v) is 5.89. The molecule has 29 heavy (non-hydrogen) atoms. The lowest BCUT2D eigenvalue weighted by molar-refractivity contribution is -0.138. The number of nitrogens with one attached hydrogen (secondary N) is 2. The molecule has 0 aromatic heterocycles. The summed E-state index contributed by atoms with van der Waals surface area (Å²) in [5, 5.41) is 6.89. The Morgan fingerprint density at radius 2 is 1.86 bits per heavy atom. The average Bonchev–Trinajstić information content (AvgIpc) is 2.71. The lowest BCUT2D eigenvalue weighted by atomic mass is 9.76. The van der Waals surface area contributed by atoms with Crippen molar-refractivity contribution in [3.8, 4) is 0 Å². The third-order valence-electron chi connectivity index (χ3n) is 5.89. The van der Waals surface area contributed by atoms with Gasteiger partial charge in [-0.05, 0) is 36.6 Å². The smallest absolute Gasteiger partial charge is 0.378 e. The normalized spacial score (nSPS) is 26.6. The van der Waals surface area contributed by atoms with Gasteiger partial charge in [-0.15, -0.1) is 0 Å². The maximum atomic E-state index is 13.3. The minimum atomic E-state index is -4.37. The summed E-state index contributed by atoms with van der Waals surface area (Å²) < 4.78 is 46.4. The van der Waals surface area contributed by atoms with E-state index in [4.69, 9.17) is 4.74 Å². The zero-order chi connectivity index (χ0) is 20.6. The molecule has 0 amide bonds. The number of ether oxygens (including phenoxy) is 1. The molecule has 4 rings (SSSR count). The second kappa shape index (κ2) is 8.00. The number of rotatable bonds is 4. The van der Waals surface area contributed by atoms with Crippen molar-refractivity contribution in [2.24, 2.45) is 5.92 Å². The lowest BCUT2D eigenvalue weighted by Gasteiger charge is -2.46. The average molecular weight is 404 g/mol. The number of anilines is 1. The maximum absolute atomic E-state index is 13.3. The van der Waals surface area contributed by atoms with Gasteiger partial charge < -0.3 is 15.4 Å². The minimum absolute atomic E-state index is 0.00411. The van der Waals surface area contributed by atoms with Crippen LogP contribution >= 0.6 is 0 Å². The molecule has 0 aliphatic carbocycles. The summed E-state index contributed by atoms with van der Waals surface area (Å²) in [6.07, 6.45) is -2.94. The first-order valence-electron chi connectivity index (χ1n) is 10.2. The molecule has 1 fully saturated rings. The van der Waals surface area contributed by atoms with E-state index in [1.165, 1.54) is 6.07 Å². The SMILES string of the molecule is CC(C)NC[C@H]1CC[C@@H]2[C@H](O1)c1cc(C(F)(F)F)ccc1N[C@H]2c1ccccc1. The second-order valence-electron chi connectivity index (χ2n) is 8.32. The van der Waals surface area contributed by atoms with Gasteiger partial charge in [0, 0.05) is 29.8 Å². The Kier molecular flexibility index (Phi) is 5.58. The van der Waals surface area contributed by atoms with Crippen LogP contribution in [0.15, 0.2) is 48.5 Å². The minimum Gasteiger partial charge on any atom is -0.378 e. The molecule has 0 unspecified atom stereocenters. The molecule has 0 spiro atoms. The highest BCUT2D eigenvalue weighted by atomic mass is 19.4. The van der Waals surface area contributed by atoms with Gasteiger partial charge in [-0.3, -0.25) is 0 Å². The fourth-order valence-corrected chi connectivity index (χ4v) is 4.44. The molecule has 2 aromatic rings. The standard InChI is InChI=1S/C23H27F3N2O/c1-14(2)27-13-17-9-10-18-21(15-6-4-3-5-7-15)28-20-11-8-16(23(24,25)26)12-19(20)22(18)29-17/h3-8,11-12,14,17-18,21-22,27-28H,9-10,13H2,1-2H3/t17-,18+,21+,22+/m1/s1. The maximum Gasteiger partial charge on any atom is 0.416 e. The lowest BCUT2D eigenvalue weighted by Crippen LogP contribution is -2.43. The Labute approximate surface area is 169 Å². The van der Waals surface area contributed by atoms with Crippen LogP contribution in [0.4, 0.5) is 18.9 Å². The van der Waals surface area contributed by atoms with Crippen LogP contribution in [0.1, 0.15) is 55.5 Å². The highest BCUT2D eigenvalue weighted by Gasteiger charge is 2.43. The Bertz CT molecular complexity index is 838. The Balaban J connectivity index is 1.69. The molecule has 2 aliphatic heterocycles. The Hall–Kier alpha value is -2.05. The van der Waals surface area contributed by atoms with Crippen LogP contribution in [0.5, 0.6) is 0 Å². The molecule has 0 bridgehead atoms. The molecule has 4 atom stereocenters. The van der Waals surface area contributed by atoms with Gasteiger partial charge in [-0.25, -0.2) is 0 Å².